The summed E-state index contributed by atoms with van der Waals surface area (Å²) in [5, 5.41) is 18.5. The highest BCUT2D eigenvalue weighted by atomic mass is 16.7. The molecule has 1 atom stereocenters. The van der Waals surface area contributed by atoms with Crippen LogP contribution in [0.25, 0.3) is 0 Å². The van der Waals surface area contributed by atoms with E-state index in [4.69, 9.17) is 14.9 Å². The van der Waals surface area contributed by atoms with Gasteiger partial charge in [-0.3, -0.25) is 5.41 Å². The molecule has 8 heteroatoms. The summed E-state index contributed by atoms with van der Waals surface area (Å²) in [5.41, 5.74) is 4.56. The van der Waals surface area contributed by atoms with Crippen LogP contribution in [0.5, 0.6) is 0 Å². The maximum atomic E-state index is 8.70. The second-order valence-electron chi connectivity index (χ2n) is 7.71. The van der Waals surface area contributed by atoms with Gasteiger partial charge in [-0.1, -0.05) is 36.4 Å². The molecule has 8 nitrogen and oxygen atoms in total. The molecule has 0 saturated carbocycles. The van der Waals surface area contributed by atoms with Crippen molar-refractivity contribution in [2.24, 2.45) is 0 Å². The third-order valence-electron chi connectivity index (χ3n) is 5.27. The number of aryl methyl sites for hydroxylation is 2. The molecule has 1 aliphatic heterocycles. The number of benzene rings is 2. The molecule has 3 aromatic rings. The predicted octanol–water partition coefficient (Wildman–Crippen LogP) is 4.45. The van der Waals surface area contributed by atoms with Crippen LogP contribution in [0.2, 0.25) is 0 Å². The van der Waals surface area contributed by atoms with Crippen molar-refractivity contribution in [1.82, 2.24) is 9.97 Å². The minimum absolute atomic E-state index is 0.0712. The number of rotatable bonds is 8. The van der Waals surface area contributed by atoms with Gasteiger partial charge in [0.05, 0.1) is 18.3 Å². The highest BCUT2D eigenvalue weighted by Gasteiger charge is 2.17. The molecule has 2 heterocycles. The lowest BCUT2D eigenvalue weighted by atomic mass is 10.1. The van der Waals surface area contributed by atoms with Crippen molar-refractivity contribution >= 4 is 29.0 Å². The van der Waals surface area contributed by atoms with Crippen molar-refractivity contribution in [2.75, 3.05) is 35.9 Å². The van der Waals surface area contributed by atoms with E-state index in [1.165, 1.54) is 0 Å². The first-order chi connectivity index (χ1) is 15.6. The number of nitrogens with zero attached hydrogens (tertiary/aromatic N) is 2. The van der Waals surface area contributed by atoms with Crippen LogP contribution in [0.4, 0.5) is 23.1 Å². The zero-order valence-corrected chi connectivity index (χ0v) is 18.3. The molecular weight excluding hydrogens is 404 g/mol. The molecule has 0 spiro atoms. The average Bonchev–Trinajstić information content (AvgIpc) is 3.31. The fourth-order valence-electron chi connectivity index (χ4n) is 3.50. The van der Waals surface area contributed by atoms with Gasteiger partial charge < -0.3 is 25.4 Å². The van der Waals surface area contributed by atoms with Gasteiger partial charge in [0, 0.05) is 24.1 Å². The first kappa shape index (κ1) is 21.7. The maximum Gasteiger partial charge on any atom is 0.229 e. The number of hydrogen-bond donors (Lipinski definition) is 4. The Morgan fingerprint density at radius 2 is 1.88 bits per heavy atom. The standard InChI is InChI=1S/C24H28N6O2/c1-16-7-6-8-17(2)21(16)29-22(25)20-13-27-24(28-18-9-4-3-5-10-18)30-23(20)26-12-11-19-14-31-15-32-19/h3-10,13,19H,11-12,14-15H2,1-2H3,(H2,25,29)(H2,26,27,28,30). The first-order valence-corrected chi connectivity index (χ1v) is 10.6. The van der Waals surface area contributed by atoms with Gasteiger partial charge in [-0.25, -0.2) is 4.98 Å². The van der Waals surface area contributed by atoms with Crippen LogP contribution in [0.15, 0.2) is 54.7 Å². The Morgan fingerprint density at radius 3 is 2.59 bits per heavy atom. The van der Waals surface area contributed by atoms with Crippen LogP contribution in [-0.4, -0.2) is 41.9 Å². The lowest BCUT2D eigenvalue weighted by Crippen LogP contribution is -2.20. The lowest BCUT2D eigenvalue weighted by Gasteiger charge is -2.17. The molecule has 1 unspecified atom stereocenters. The van der Waals surface area contributed by atoms with E-state index in [0.717, 1.165) is 28.9 Å². The molecule has 0 amide bonds. The van der Waals surface area contributed by atoms with E-state index in [9.17, 15) is 0 Å². The van der Waals surface area contributed by atoms with E-state index in [1.54, 1.807) is 6.20 Å². The van der Waals surface area contributed by atoms with Crippen LogP contribution in [0.3, 0.4) is 0 Å². The maximum absolute atomic E-state index is 8.70. The SMILES string of the molecule is Cc1cccc(C)c1NC(=N)c1cnc(Nc2ccccc2)nc1NCCC1COCO1. The molecule has 2 aromatic carbocycles. The first-order valence-electron chi connectivity index (χ1n) is 10.6. The number of anilines is 4. The number of aromatic nitrogens is 2. The van der Waals surface area contributed by atoms with E-state index in [0.29, 0.717) is 37.3 Å². The topological polar surface area (TPSA) is 104 Å². The highest BCUT2D eigenvalue weighted by molar-refractivity contribution is 6.09. The zero-order valence-electron chi connectivity index (χ0n) is 18.3. The number of ether oxygens (including phenoxy) is 2. The van der Waals surface area contributed by atoms with E-state index >= 15 is 0 Å². The average molecular weight is 433 g/mol. The van der Waals surface area contributed by atoms with Crippen LogP contribution in [-0.2, 0) is 9.47 Å². The smallest absolute Gasteiger partial charge is 0.229 e. The Bertz CT molecular complexity index is 1050. The van der Waals surface area contributed by atoms with E-state index in [1.807, 2.05) is 62.4 Å². The summed E-state index contributed by atoms with van der Waals surface area (Å²) in [6.45, 7) is 5.63. The Morgan fingerprint density at radius 1 is 1.09 bits per heavy atom. The third-order valence-corrected chi connectivity index (χ3v) is 5.27. The van der Waals surface area contributed by atoms with Crippen molar-refractivity contribution in [1.29, 1.82) is 5.41 Å². The quantitative estimate of drug-likeness (QED) is 0.308. The largest absolute Gasteiger partial charge is 0.369 e. The second kappa shape index (κ2) is 10.2. The van der Waals surface area contributed by atoms with Crippen LogP contribution >= 0.6 is 0 Å². The zero-order chi connectivity index (χ0) is 22.3. The monoisotopic (exact) mass is 432 g/mol. The van der Waals surface area contributed by atoms with Crippen molar-refractivity contribution < 1.29 is 9.47 Å². The molecule has 0 aliphatic carbocycles. The Balaban J connectivity index is 1.55. The lowest BCUT2D eigenvalue weighted by molar-refractivity contribution is 0.0456. The molecular formula is C24H28N6O2. The second-order valence-corrected chi connectivity index (χ2v) is 7.71. The predicted molar refractivity (Wildman–Crippen MR) is 127 cm³/mol. The van der Waals surface area contributed by atoms with Crippen molar-refractivity contribution in [3.8, 4) is 0 Å². The third kappa shape index (κ3) is 5.40. The summed E-state index contributed by atoms with van der Waals surface area (Å²) in [5.74, 6) is 1.28. The molecule has 4 rings (SSSR count). The molecule has 32 heavy (non-hydrogen) atoms. The number of hydrogen-bond acceptors (Lipinski definition) is 7. The Kier molecular flexibility index (Phi) is 6.94. The molecule has 4 N–H and O–H groups in total. The molecule has 166 valence electrons. The number of para-hydroxylation sites is 2. The van der Waals surface area contributed by atoms with Gasteiger partial charge >= 0.3 is 0 Å². The fourth-order valence-corrected chi connectivity index (χ4v) is 3.50. The summed E-state index contributed by atoms with van der Waals surface area (Å²) in [7, 11) is 0. The van der Waals surface area contributed by atoms with Crippen molar-refractivity contribution in [3.05, 3.63) is 71.4 Å². The molecule has 1 aliphatic rings. The minimum atomic E-state index is 0.0712. The van der Waals surface area contributed by atoms with Gasteiger partial charge in [0.1, 0.15) is 18.4 Å². The van der Waals surface area contributed by atoms with Gasteiger partial charge in [-0.15, -0.1) is 0 Å². The summed E-state index contributed by atoms with van der Waals surface area (Å²) >= 11 is 0. The normalized spacial score (nSPS) is 15.4. The number of amidine groups is 1. The van der Waals surface area contributed by atoms with E-state index in [-0.39, 0.29) is 11.9 Å². The molecule has 1 aromatic heterocycles. The van der Waals surface area contributed by atoms with Gasteiger partial charge in [-0.05, 0) is 43.5 Å². The molecule has 0 bridgehead atoms. The highest BCUT2D eigenvalue weighted by Crippen LogP contribution is 2.23. The molecule has 0 radical (unpaired) electrons. The van der Waals surface area contributed by atoms with Gasteiger partial charge in [0.25, 0.3) is 0 Å². The summed E-state index contributed by atoms with van der Waals surface area (Å²) in [4.78, 5) is 9.09. The number of nitrogens with one attached hydrogen (secondary N) is 4. The van der Waals surface area contributed by atoms with Crippen LogP contribution < -0.4 is 16.0 Å². The van der Waals surface area contributed by atoms with Crippen molar-refractivity contribution in [2.45, 2.75) is 26.4 Å². The van der Waals surface area contributed by atoms with Gasteiger partial charge in [-0.2, -0.15) is 4.98 Å². The molecule has 1 fully saturated rings. The van der Waals surface area contributed by atoms with Crippen LogP contribution in [0.1, 0.15) is 23.1 Å². The fraction of sp³-hybridized carbons (Fsp3) is 0.292. The Labute approximate surface area is 187 Å². The Hall–Kier alpha value is -3.49. The summed E-state index contributed by atoms with van der Waals surface area (Å²) in [6.07, 6.45) is 2.52. The summed E-state index contributed by atoms with van der Waals surface area (Å²) < 4.78 is 10.8. The van der Waals surface area contributed by atoms with Crippen molar-refractivity contribution in [3.63, 3.8) is 0 Å². The summed E-state index contributed by atoms with van der Waals surface area (Å²) in [6, 6.07) is 15.8. The van der Waals surface area contributed by atoms with E-state index in [2.05, 4.69) is 25.9 Å². The van der Waals surface area contributed by atoms with E-state index < -0.39 is 0 Å². The van der Waals surface area contributed by atoms with Crippen LogP contribution in [0, 0.1) is 19.3 Å². The van der Waals surface area contributed by atoms with Gasteiger partial charge in [0.2, 0.25) is 5.95 Å². The van der Waals surface area contributed by atoms with Gasteiger partial charge in [0.15, 0.2) is 0 Å². The minimum Gasteiger partial charge on any atom is -0.369 e. The molecule has 1 saturated heterocycles.